The quantitative estimate of drug-likeness (QED) is 0.619. The summed E-state index contributed by atoms with van der Waals surface area (Å²) in [5, 5.41) is 3.21. The zero-order chi connectivity index (χ0) is 8.48. The molecule has 0 aromatic heterocycles. The van der Waals surface area contributed by atoms with Crippen LogP contribution in [0, 0.1) is 5.41 Å². The summed E-state index contributed by atoms with van der Waals surface area (Å²) < 4.78 is 0. The van der Waals surface area contributed by atoms with Crippen molar-refractivity contribution in [2.24, 2.45) is 5.41 Å². The summed E-state index contributed by atoms with van der Waals surface area (Å²) in [7, 11) is 0. The molecule has 11 heavy (non-hydrogen) atoms. The van der Waals surface area contributed by atoms with E-state index in [4.69, 9.17) is 0 Å². The Bertz CT molecular complexity index is 151. The van der Waals surface area contributed by atoms with Crippen LogP contribution in [0.4, 0.5) is 0 Å². The molecule has 0 bridgehead atoms. The van der Waals surface area contributed by atoms with Gasteiger partial charge in [0.15, 0.2) is 5.78 Å². The maximum atomic E-state index is 11.6. The average Bonchev–Trinajstić information content (AvgIpc) is 2.34. The van der Waals surface area contributed by atoms with Gasteiger partial charge in [-0.15, -0.1) is 0 Å². The van der Waals surface area contributed by atoms with Gasteiger partial charge >= 0.3 is 0 Å². The monoisotopic (exact) mass is 155 g/mol. The summed E-state index contributed by atoms with van der Waals surface area (Å²) in [6.07, 6.45) is 2.17. The second-order valence-electron chi connectivity index (χ2n) is 4.26. The molecule has 0 aromatic rings. The predicted molar refractivity (Wildman–Crippen MR) is 45.5 cm³/mol. The van der Waals surface area contributed by atoms with E-state index in [1.54, 1.807) is 0 Å². The normalized spacial score (nSPS) is 25.5. The molecule has 1 N–H and O–H groups in total. The third-order valence-corrected chi connectivity index (χ3v) is 2.12. The topological polar surface area (TPSA) is 29.1 Å². The molecule has 1 heterocycles. The summed E-state index contributed by atoms with van der Waals surface area (Å²) in [5.41, 5.74) is -0.179. The van der Waals surface area contributed by atoms with E-state index in [1.807, 2.05) is 20.8 Å². The van der Waals surface area contributed by atoms with E-state index in [9.17, 15) is 4.79 Å². The molecule has 0 amide bonds. The lowest BCUT2D eigenvalue weighted by Gasteiger charge is -2.21. The second kappa shape index (κ2) is 2.94. The Morgan fingerprint density at radius 1 is 1.45 bits per heavy atom. The average molecular weight is 155 g/mol. The SMILES string of the molecule is CC(C)(C)C(=O)[C@@H]1CCCN1. The van der Waals surface area contributed by atoms with E-state index in [0.717, 1.165) is 19.4 Å². The fourth-order valence-electron chi connectivity index (χ4n) is 1.43. The van der Waals surface area contributed by atoms with Crippen LogP contribution in [0.5, 0.6) is 0 Å². The van der Waals surface area contributed by atoms with E-state index in [2.05, 4.69) is 5.32 Å². The Morgan fingerprint density at radius 2 is 2.09 bits per heavy atom. The predicted octanol–water partition coefficient (Wildman–Crippen LogP) is 1.35. The molecule has 0 spiro atoms. The van der Waals surface area contributed by atoms with Crippen LogP contribution in [-0.4, -0.2) is 18.4 Å². The van der Waals surface area contributed by atoms with Gasteiger partial charge in [0, 0.05) is 5.41 Å². The van der Waals surface area contributed by atoms with Crippen LogP contribution >= 0.6 is 0 Å². The van der Waals surface area contributed by atoms with Crippen molar-refractivity contribution in [1.29, 1.82) is 0 Å². The van der Waals surface area contributed by atoms with Crippen molar-refractivity contribution in [3.05, 3.63) is 0 Å². The van der Waals surface area contributed by atoms with Gasteiger partial charge in [0.2, 0.25) is 0 Å². The van der Waals surface area contributed by atoms with Gasteiger partial charge < -0.3 is 5.32 Å². The Kier molecular flexibility index (Phi) is 2.33. The largest absolute Gasteiger partial charge is 0.307 e. The summed E-state index contributed by atoms with van der Waals surface area (Å²) in [6.45, 7) is 6.95. The van der Waals surface area contributed by atoms with Crippen molar-refractivity contribution < 1.29 is 4.79 Å². The van der Waals surface area contributed by atoms with Gasteiger partial charge in [-0.05, 0) is 19.4 Å². The first-order chi connectivity index (χ1) is 5.02. The minimum Gasteiger partial charge on any atom is -0.307 e. The molecule has 2 heteroatoms. The zero-order valence-electron chi connectivity index (χ0n) is 7.61. The van der Waals surface area contributed by atoms with Gasteiger partial charge in [-0.25, -0.2) is 0 Å². The molecule has 0 aliphatic carbocycles. The van der Waals surface area contributed by atoms with Crippen LogP contribution < -0.4 is 5.32 Å². The molecule has 1 rings (SSSR count). The molecular weight excluding hydrogens is 138 g/mol. The van der Waals surface area contributed by atoms with Crippen molar-refractivity contribution in [1.82, 2.24) is 5.32 Å². The van der Waals surface area contributed by atoms with E-state index < -0.39 is 0 Å². The molecule has 1 saturated heterocycles. The van der Waals surface area contributed by atoms with Crippen molar-refractivity contribution in [3.8, 4) is 0 Å². The molecular formula is C9H17NO. The van der Waals surface area contributed by atoms with Crippen LogP contribution in [0.2, 0.25) is 0 Å². The van der Waals surface area contributed by atoms with E-state index in [1.165, 1.54) is 0 Å². The third kappa shape index (κ3) is 2.03. The molecule has 1 aliphatic rings. The first-order valence-electron chi connectivity index (χ1n) is 4.29. The number of rotatable bonds is 1. The maximum Gasteiger partial charge on any atom is 0.155 e. The molecule has 2 nitrogen and oxygen atoms in total. The Hall–Kier alpha value is -0.370. The highest BCUT2D eigenvalue weighted by Crippen LogP contribution is 2.20. The molecule has 1 aliphatic heterocycles. The highest BCUT2D eigenvalue weighted by atomic mass is 16.1. The fraction of sp³-hybridized carbons (Fsp3) is 0.889. The van der Waals surface area contributed by atoms with E-state index in [0.29, 0.717) is 5.78 Å². The number of carbonyl (C=O) groups excluding carboxylic acids is 1. The van der Waals surface area contributed by atoms with Gasteiger partial charge in [-0.1, -0.05) is 20.8 Å². The number of ketones is 1. The van der Waals surface area contributed by atoms with Gasteiger partial charge in [-0.2, -0.15) is 0 Å². The van der Waals surface area contributed by atoms with Crippen LogP contribution in [-0.2, 0) is 4.79 Å². The summed E-state index contributed by atoms with van der Waals surface area (Å²) in [5.74, 6) is 0.356. The summed E-state index contributed by atoms with van der Waals surface area (Å²) in [6, 6.07) is 0.134. The van der Waals surface area contributed by atoms with Crippen molar-refractivity contribution in [2.45, 2.75) is 39.7 Å². The Labute approximate surface area is 68.4 Å². The standard InChI is InChI=1S/C9H17NO/c1-9(2,3)8(11)7-5-4-6-10-7/h7,10H,4-6H2,1-3H3/t7-/m0/s1. The van der Waals surface area contributed by atoms with Gasteiger partial charge in [0.05, 0.1) is 6.04 Å². The molecule has 64 valence electrons. The first-order valence-corrected chi connectivity index (χ1v) is 4.29. The number of carbonyl (C=O) groups is 1. The minimum absolute atomic E-state index is 0.134. The molecule has 0 unspecified atom stereocenters. The molecule has 0 saturated carbocycles. The second-order valence-corrected chi connectivity index (χ2v) is 4.26. The summed E-state index contributed by atoms with van der Waals surface area (Å²) >= 11 is 0. The number of nitrogens with one attached hydrogen (secondary N) is 1. The highest BCUT2D eigenvalue weighted by molar-refractivity contribution is 5.88. The van der Waals surface area contributed by atoms with Gasteiger partial charge in [0.1, 0.15) is 0 Å². The van der Waals surface area contributed by atoms with Crippen LogP contribution in [0.25, 0.3) is 0 Å². The highest BCUT2D eigenvalue weighted by Gasteiger charge is 2.30. The van der Waals surface area contributed by atoms with Crippen LogP contribution in [0.3, 0.4) is 0 Å². The lowest BCUT2D eigenvalue weighted by molar-refractivity contribution is -0.128. The molecule has 0 aromatic carbocycles. The van der Waals surface area contributed by atoms with Crippen LogP contribution in [0.15, 0.2) is 0 Å². The van der Waals surface area contributed by atoms with Gasteiger partial charge in [0.25, 0.3) is 0 Å². The lowest BCUT2D eigenvalue weighted by Crippen LogP contribution is -2.38. The smallest absolute Gasteiger partial charge is 0.155 e. The van der Waals surface area contributed by atoms with E-state index in [-0.39, 0.29) is 11.5 Å². The molecule has 1 atom stereocenters. The summed E-state index contributed by atoms with van der Waals surface area (Å²) in [4.78, 5) is 11.6. The van der Waals surface area contributed by atoms with Crippen molar-refractivity contribution in [3.63, 3.8) is 0 Å². The number of hydrogen-bond donors (Lipinski definition) is 1. The number of hydrogen-bond acceptors (Lipinski definition) is 2. The van der Waals surface area contributed by atoms with Gasteiger partial charge in [-0.3, -0.25) is 4.79 Å². The zero-order valence-corrected chi connectivity index (χ0v) is 7.61. The van der Waals surface area contributed by atoms with Crippen molar-refractivity contribution in [2.75, 3.05) is 6.54 Å². The minimum atomic E-state index is -0.179. The fourth-order valence-corrected chi connectivity index (χ4v) is 1.43. The lowest BCUT2D eigenvalue weighted by atomic mass is 9.86. The molecule has 0 radical (unpaired) electrons. The Balaban J connectivity index is 2.53. The number of Topliss-reactive ketones (excluding diaryl/α,β-unsaturated/α-hetero) is 1. The molecule has 1 fully saturated rings. The Morgan fingerprint density at radius 3 is 2.45 bits per heavy atom. The maximum absolute atomic E-state index is 11.6. The first kappa shape index (κ1) is 8.72. The van der Waals surface area contributed by atoms with Crippen LogP contribution in [0.1, 0.15) is 33.6 Å². The third-order valence-electron chi connectivity index (χ3n) is 2.12. The van der Waals surface area contributed by atoms with E-state index >= 15 is 0 Å². The van der Waals surface area contributed by atoms with Crippen molar-refractivity contribution >= 4 is 5.78 Å².